The maximum absolute atomic E-state index is 14.0. The zero-order chi connectivity index (χ0) is 24.1. The quantitative estimate of drug-likeness (QED) is 0.420. The van der Waals surface area contributed by atoms with E-state index in [1.165, 1.54) is 0 Å². The number of nitrogens with zero attached hydrogens (tertiary/aromatic N) is 7. The third-order valence-corrected chi connectivity index (χ3v) is 6.72. The van der Waals surface area contributed by atoms with Crippen molar-refractivity contribution in [2.24, 2.45) is 0 Å². The number of carbonyl (C=O) groups excluding carboxylic acids is 1. The molecule has 0 unspecified atom stereocenters. The van der Waals surface area contributed by atoms with Crippen LogP contribution in [0.25, 0.3) is 27.5 Å². The van der Waals surface area contributed by atoms with Crippen LogP contribution in [0.5, 0.6) is 0 Å². The summed E-state index contributed by atoms with van der Waals surface area (Å²) in [5.41, 5.74) is 5.53. The molecular formula is C27H20N8O. The predicted molar refractivity (Wildman–Crippen MR) is 133 cm³/mol. The average Bonchev–Trinajstić information content (AvgIpc) is 3.59. The number of nitrogens with one attached hydrogen (secondary N) is 1. The SMILES string of the molecule is O=C(c1cnn2cc(-c3cnccn3)ccc12)N1CCc2[nH]cnc2[C@H]1c1cc2ccccc2cn1. The highest BCUT2D eigenvalue weighted by atomic mass is 16.2. The van der Waals surface area contributed by atoms with Gasteiger partial charge in [0, 0.05) is 54.4 Å². The number of hydrogen-bond donors (Lipinski definition) is 1. The molecule has 0 fully saturated rings. The van der Waals surface area contributed by atoms with E-state index in [1.54, 1.807) is 35.6 Å². The molecule has 1 N–H and O–H groups in total. The lowest BCUT2D eigenvalue weighted by atomic mass is 9.97. The van der Waals surface area contributed by atoms with Crippen molar-refractivity contribution < 1.29 is 4.79 Å². The first kappa shape index (κ1) is 20.5. The molecule has 0 saturated carbocycles. The summed E-state index contributed by atoms with van der Waals surface area (Å²) in [6.45, 7) is 0.544. The molecule has 36 heavy (non-hydrogen) atoms. The fourth-order valence-corrected chi connectivity index (χ4v) is 4.95. The van der Waals surface area contributed by atoms with Gasteiger partial charge in [0.05, 0.1) is 46.9 Å². The molecule has 1 aromatic carbocycles. The second-order valence-electron chi connectivity index (χ2n) is 8.77. The van der Waals surface area contributed by atoms with Crippen molar-refractivity contribution in [3.8, 4) is 11.3 Å². The topological polar surface area (TPSA) is 105 Å². The van der Waals surface area contributed by atoms with Gasteiger partial charge >= 0.3 is 0 Å². The number of pyridine rings is 2. The first-order valence-electron chi connectivity index (χ1n) is 11.7. The second kappa shape index (κ2) is 8.09. The Morgan fingerprint density at radius 2 is 1.89 bits per heavy atom. The zero-order valence-corrected chi connectivity index (χ0v) is 19.1. The van der Waals surface area contributed by atoms with Crippen molar-refractivity contribution in [3.63, 3.8) is 0 Å². The molecule has 0 saturated heterocycles. The molecule has 9 nitrogen and oxygen atoms in total. The predicted octanol–water partition coefficient (Wildman–Crippen LogP) is 3.85. The summed E-state index contributed by atoms with van der Waals surface area (Å²) in [5.74, 6) is -0.106. The van der Waals surface area contributed by atoms with E-state index in [2.05, 4.69) is 31.1 Å². The molecule has 0 spiro atoms. The van der Waals surface area contributed by atoms with Gasteiger partial charge in [-0.2, -0.15) is 5.10 Å². The summed E-state index contributed by atoms with van der Waals surface area (Å²) in [5, 5.41) is 6.61. The number of carbonyl (C=O) groups is 1. The van der Waals surface area contributed by atoms with Gasteiger partial charge in [0.25, 0.3) is 5.91 Å². The number of aromatic amines is 1. The smallest absolute Gasteiger partial charge is 0.258 e. The van der Waals surface area contributed by atoms with Crippen LogP contribution in [-0.4, -0.2) is 51.9 Å². The van der Waals surface area contributed by atoms with E-state index >= 15 is 0 Å². The Morgan fingerprint density at radius 3 is 2.78 bits per heavy atom. The van der Waals surface area contributed by atoms with E-state index < -0.39 is 6.04 Å². The van der Waals surface area contributed by atoms with Gasteiger partial charge in [-0.3, -0.25) is 19.7 Å². The molecule has 0 aliphatic carbocycles. The number of benzene rings is 1. The maximum Gasteiger partial charge on any atom is 0.258 e. The molecule has 9 heteroatoms. The molecule has 0 radical (unpaired) electrons. The van der Waals surface area contributed by atoms with E-state index in [9.17, 15) is 4.79 Å². The highest BCUT2D eigenvalue weighted by Crippen LogP contribution is 2.35. The summed E-state index contributed by atoms with van der Waals surface area (Å²) in [6.07, 6.45) is 12.7. The molecule has 1 amide bonds. The molecule has 1 aliphatic heterocycles. The number of amides is 1. The van der Waals surface area contributed by atoms with Crippen LogP contribution < -0.4 is 0 Å². The van der Waals surface area contributed by atoms with Gasteiger partial charge in [-0.25, -0.2) is 9.50 Å². The van der Waals surface area contributed by atoms with Crippen molar-refractivity contribution >= 4 is 22.2 Å². The highest BCUT2D eigenvalue weighted by molar-refractivity contribution is 6.01. The molecule has 1 atom stereocenters. The minimum Gasteiger partial charge on any atom is -0.348 e. The zero-order valence-electron chi connectivity index (χ0n) is 19.1. The van der Waals surface area contributed by atoms with E-state index in [-0.39, 0.29) is 5.91 Å². The Labute approximate surface area is 205 Å². The molecule has 0 bridgehead atoms. The van der Waals surface area contributed by atoms with Crippen LogP contribution in [0.15, 0.2) is 86.0 Å². The van der Waals surface area contributed by atoms with Gasteiger partial charge in [-0.15, -0.1) is 0 Å². The largest absolute Gasteiger partial charge is 0.348 e. The molecule has 6 aromatic rings. The third kappa shape index (κ3) is 3.24. The van der Waals surface area contributed by atoms with Gasteiger partial charge in [0.15, 0.2) is 0 Å². The Balaban J connectivity index is 1.30. The maximum atomic E-state index is 14.0. The van der Waals surface area contributed by atoms with Gasteiger partial charge < -0.3 is 9.88 Å². The second-order valence-corrected chi connectivity index (χ2v) is 8.77. The van der Waals surface area contributed by atoms with Crippen LogP contribution >= 0.6 is 0 Å². The van der Waals surface area contributed by atoms with Crippen molar-refractivity contribution in [2.75, 3.05) is 6.54 Å². The molecule has 7 rings (SSSR count). The first-order valence-corrected chi connectivity index (χ1v) is 11.7. The van der Waals surface area contributed by atoms with Crippen LogP contribution in [0.2, 0.25) is 0 Å². The summed E-state index contributed by atoms with van der Waals surface area (Å²) in [4.78, 5) is 36.9. The van der Waals surface area contributed by atoms with E-state index in [0.717, 1.165) is 44.6 Å². The minimum absolute atomic E-state index is 0.106. The summed E-state index contributed by atoms with van der Waals surface area (Å²) in [7, 11) is 0. The van der Waals surface area contributed by atoms with Crippen molar-refractivity contribution in [3.05, 3.63) is 109 Å². The number of rotatable bonds is 3. The minimum atomic E-state index is -0.397. The normalized spacial score (nSPS) is 15.3. The van der Waals surface area contributed by atoms with E-state index in [1.807, 2.05) is 53.7 Å². The number of H-pyrrole nitrogens is 1. The number of fused-ring (bicyclic) bond motifs is 3. The average molecular weight is 473 g/mol. The Hall–Kier alpha value is -4.92. The molecule has 1 aliphatic rings. The number of imidazole rings is 1. The highest BCUT2D eigenvalue weighted by Gasteiger charge is 2.36. The van der Waals surface area contributed by atoms with Gasteiger partial charge in [-0.1, -0.05) is 24.3 Å². The van der Waals surface area contributed by atoms with Crippen LogP contribution in [0.4, 0.5) is 0 Å². The fourth-order valence-electron chi connectivity index (χ4n) is 4.95. The van der Waals surface area contributed by atoms with Gasteiger partial charge in [0.2, 0.25) is 0 Å². The van der Waals surface area contributed by atoms with Crippen LogP contribution in [0, 0.1) is 0 Å². The van der Waals surface area contributed by atoms with Crippen molar-refractivity contribution in [1.29, 1.82) is 0 Å². The summed E-state index contributed by atoms with van der Waals surface area (Å²) < 4.78 is 1.71. The lowest BCUT2D eigenvalue weighted by molar-refractivity contribution is 0.0689. The Morgan fingerprint density at radius 1 is 0.972 bits per heavy atom. The van der Waals surface area contributed by atoms with Crippen molar-refractivity contribution in [1.82, 2.24) is 39.4 Å². The molecule has 6 heterocycles. The number of aromatic nitrogens is 7. The van der Waals surface area contributed by atoms with Gasteiger partial charge in [0.1, 0.15) is 6.04 Å². The van der Waals surface area contributed by atoms with E-state index in [4.69, 9.17) is 4.98 Å². The molecule has 174 valence electrons. The summed E-state index contributed by atoms with van der Waals surface area (Å²) >= 11 is 0. The monoisotopic (exact) mass is 472 g/mol. The van der Waals surface area contributed by atoms with Crippen LogP contribution in [0.3, 0.4) is 0 Å². The lowest BCUT2D eigenvalue weighted by Crippen LogP contribution is -2.41. The van der Waals surface area contributed by atoms with Crippen LogP contribution in [-0.2, 0) is 6.42 Å². The van der Waals surface area contributed by atoms with Gasteiger partial charge in [-0.05, 0) is 23.6 Å². The Bertz CT molecular complexity index is 1740. The standard InChI is InChI=1S/C27H20N8O/c36-27(20-13-33-35-15-19(5-6-24(20)35)23-14-28-8-9-29-23)34-10-7-21-25(32-16-31-21)26(34)22-11-17-3-1-2-4-18(17)12-30-22/h1-6,8-9,11-16,26H,7,10H2,(H,31,32)/t26-/m1/s1. The lowest BCUT2D eigenvalue weighted by Gasteiger charge is -2.34. The van der Waals surface area contributed by atoms with Crippen LogP contribution in [0.1, 0.15) is 33.5 Å². The first-order chi connectivity index (χ1) is 17.8. The number of hydrogen-bond acceptors (Lipinski definition) is 6. The summed E-state index contributed by atoms with van der Waals surface area (Å²) in [6, 6.07) is 13.6. The molecule has 5 aromatic heterocycles. The molecular weight excluding hydrogens is 452 g/mol. The van der Waals surface area contributed by atoms with Crippen molar-refractivity contribution in [2.45, 2.75) is 12.5 Å². The third-order valence-electron chi connectivity index (χ3n) is 6.72. The Kier molecular flexibility index (Phi) is 4.60. The van der Waals surface area contributed by atoms with E-state index in [0.29, 0.717) is 18.5 Å². The fraction of sp³-hybridized carbons (Fsp3) is 0.111.